The van der Waals surface area contributed by atoms with Gasteiger partial charge in [0.2, 0.25) is 5.91 Å². The zero-order chi connectivity index (χ0) is 15.1. The minimum atomic E-state index is 0.262. The number of carbonyl (C=O) groups excluding carboxylic acids is 1. The zero-order valence-corrected chi connectivity index (χ0v) is 13.1. The van der Waals surface area contributed by atoms with E-state index in [1.165, 1.54) is 0 Å². The molecule has 0 radical (unpaired) electrons. The summed E-state index contributed by atoms with van der Waals surface area (Å²) in [6, 6.07) is 8.55. The lowest BCUT2D eigenvalue weighted by Crippen LogP contribution is -2.43. The van der Waals surface area contributed by atoms with Crippen LogP contribution in [0.2, 0.25) is 0 Å². The molecule has 0 aromatic heterocycles. The second-order valence-electron chi connectivity index (χ2n) is 5.66. The Morgan fingerprint density at radius 2 is 2.05 bits per heavy atom. The second kappa shape index (κ2) is 8.03. The highest BCUT2D eigenvalue weighted by atomic mass is 16.5. The first-order valence-corrected chi connectivity index (χ1v) is 7.84. The number of amides is 1. The van der Waals surface area contributed by atoms with Crippen molar-refractivity contribution < 1.29 is 9.53 Å². The number of ether oxygens (including phenoxy) is 1. The molecule has 1 heterocycles. The standard InChI is InChI=1S/C17H26N2O2/c1-14-6-3-4-7-16(14)21-13-5-8-17(20)19-11-9-15(18-2)10-12-19/h3-4,6-7,15,18H,5,8-13H2,1-2H3. The number of piperidine rings is 1. The van der Waals surface area contributed by atoms with Gasteiger partial charge in [-0.25, -0.2) is 0 Å². The summed E-state index contributed by atoms with van der Waals surface area (Å²) < 4.78 is 5.73. The summed E-state index contributed by atoms with van der Waals surface area (Å²) in [5.41, 5.74) is 1.14. The van der Waals surface area contributed by atoms with Crippen LogP contribution in [-0.2, 0) is 4.79 Å². The maximum Gasteiger partial charge on any atom is 0.222 e. The van der Waals surface area contributed by atoms with E-state index in [1.807, 2.05) is 43.1 Å². The van der Waals surface area contributed by atoms with Crippen LogP contribution in [0.1, 0.15) is 31.2 Å². The molecule has 1 aromatic carbocycles. The molecule has 1 aromatic rings. The van der Waals surface area contributed by atoms with Gasteiger partial charge in [0, 0.05) is 25.6 Å². The fraction of sp³-hybridized carbons (Fsp3) is 0.588. The van der Waals surface area contributed by atoms with E-state index in [4.69, 9.17) is 4.74 Å². The Labute approximate surface area is 127 Å². The smallest absolute Gasteiger partial charge is 0.222 e. The molecule has 1 aliphatic heterocycles. The third-order valence-electron chi connectivity index (χ3n) is 4.14. The molecule has 1 aliphatic rings. The number of aryl methyl sites for hydroxylation is 1. The van der Waals surface area contributed by atoms with Gasteiger partial charge in [-0.1, -0.05) is 18.2 Å². The molecule has 0 aliphatic carbocycles. The van der Waals surface area contributed by atoms with Gasteiger partial charge >= 0.3 is 0 Å². The first-order chi connectivity index (χ1) is 10.2. The molecule has 1 fully saturated rings. The van der Waals surface area contributed by atoms with Crippen LogP contribution in [0, 0.1) is 6.92 Å². The molecule has 0 spiro atoms. The van der Waals surface area contributed by atoms with Crippen LogP contribution in [0.3, 0.4) is 0 Å². The van der Waals surface area contributed by atoms with Gasteiger partial charge in [0.25, 0.3) is 0 Å². The van der Waals surface area contributed by atoms with Gasteiger partial charge < -0.3 is 15.0 Å². The van der Waals surface area contributed by atoms with Crippen molar-refractivity contribution in [2.75, 3.05) is 26.7 Å². The monoisotopic (exact) mass is 290 g/mol. The van der Waals surface area contributed by atoms with Crippen LogP contribution in [0.15, 0.2) is 24.3 Å². The number of carbonyl (C=O) groups is 1. The van der Waals surface area contributed by atoms with Crippen LogP contribution in [0.4, 0.5) is 0 Å². The zero-order valence-electron chi connectivity index (χ0n) is 13.1. The quantitative estimate of drug-likeness (QED) is 0.818. The number of nitrogens with zero attached hydrogens (tertiary/aromatic N) is 1. The number of hydrogen-bond acceptors (Lipinski definition) is 3. The maximum absolute atomic E-state index is 12.1. The van der Waals surface area contributed by atoms with Crippen molar-refractivity contribution in [3.05, 3.63) is 29.8 Å². The highest BCUT2D eigenvalue weighted by molar-refractivity contribution is 5.76. The number of likely N-dealkylation sites (tertiary alicyclic amines) is 1. The summed E-state index contributed by atoms with van der Waals surface area (Å²) in [7, 11) is 1.99. The van der Waals surface area contributed by atoms with Crippen molar-refractivity contribution in [2.45, 2.75) is 38.6 Å². The lowest BCUT2D eigenvalue weighted by molar-refractivity contribution is -0.132. The Morgan fingerprint density at radius 1 is 1.33 bits per heavy atom. The third-order valence-corrected chi connectivity index (χ3v) is 4.14. The van der Waals surface area contributed by atoms with Crippen LogP contribution in [0.5, 0.6) is 5.75 Å². The van der Waals surface area contributed by atoms with Gasteiger partial charge in [0.05, 0.1) is 6.61 Å². The van der Waals surface area contributed by atoms with Crippen LogP contribution >= 0.6 is 0 Å². The third kappa shape index (κ3) is 4.74. The summed E-state index contributed by atoms with van der Waals surface area (Å²) in [6.45, 7) is 4.39. The Kier molecular flexibility index (Phi) is 6.05. The predicted octanol–water partition coefficient (Wildman–Crippen LogP) is 2.36. The van der Waals surface area contributed by atoms with E-state index in [1.54, 1.807) is 0 Å². The van der Waals surface area contributed by atoms with Crippen LogP contribution in [-0.4, -0.2) is 43.6 Å². The average molecular weight is 290 g/mol. The number of para-hydroxylation sites is 1. The Hall–Kier alpha value is -1.55. The fourth-order valence-electron chi connectivity index (χ4n) is 2.70. The van der Waals surface area contributed by atoms with Crippen molar-refractivity contribution in [1.82, 2.24) is 10.2 Å². The molecule has 0 bridgehead atoms. The number of benzene rings is 1. The Balaban J connectivity index is 1.65. The lowest BCUT2D eigenvalue weighted by atomic mass is 10.0. The van der Waals surface area contributed by atoms with E-state index < -0.39 is 0 Å². The molecule has 0 atom stereocenters. The molecule has 21 heavy (non-hydrogen) atoms. The van der Waals surface area contributed by atoms with Crippen molar-refractivity contribution in [2.24, 2.45) is 0 Å². The minimum absolute atomic E-state index is 0.262. The lowest BCUT2D eigenvalue weighted by Gasteiger charge is -2.31. The van der Waals surface area contributed by atoms with Crippen molar-refractivity contribution in [1.29, 1.82) is 0 Å². The molecule has 4 heteroatoms. The molecule has 4 nitrogen and oxygen atoms in total. The van der Waals surface area contributed by atoms with Gasteiger partial charge in [-0.3, -0.25) is 4.79 Å². The van der Waals surface area contributed by atoms with E-state index in [0.717, 1.165) is 43.7 Å². The summed E-state index contributed by atoms with van der Waals surface area (Å²) >= 11 is 0. The summed E-state index contributed by atoms with van der Waals surface area (Å²) in [6.07, 6.45) is 3.47. The summed E-state index contributed by atoms with van der Waals surface area (Å²) in [4.78, 5) is 14.1. The number of hydrogen-bond donors (Lipinski definition) is 1. The summed E-state index contributed by atoms with van der Waals surface area (Å²) in [5.74, 6) is 1.18. The Morgan fingerprint density at radius 3 is 2.71 bits per heavy atom. The molecule has 116 valence electrons. The largest absolute Gasteiger partial charge is 0.493 e. The van der Waals surface area contributed by atoms with Gasteiger partial charge in [-0.2, -0.15) is 0 Å². The molecular formula is C17H26N2O2. The molecule has 1 saturated heterocycles. The molecule has 0 unspecified atom stereocenters. The van der Waals surface area contributed by atoms with Gasteiger partial charge in [-0.05, 0) is 44.9 Å². The van der Waals surface area contributed by atoms with E-state index >= 15 is 0 Å². The van der Waals surface area contributed by atoms with E-state index in [2.05, 4.69) is 5.32 Å². The molecular weight excluding hydrogens is 264 g/mol. The minimum Gasteiger partial charge on any atom is -0.493 e. The molecule has 0 saturated carbocycles. The SMILES string of the molecule is CNC1CCN(C(=O)CCCOc2ccccc2C)CC1. The number of rotatable bonds is 6. The van der Waals surface area contributed by atoms with E-state index in [-0.39, 0.29) is 5.91 Å². The fourth-order valence-corrected chi connectivity index (χ4v) is 2.70. The highest BCUT2D eigenvalue weighted by Crippen LogP contribution is 2.17. The average Bonchev–Trinajstić information content (AvgIpc) is 2.53. The van der Waals surface area contributed by atoms with Crippen LogP contribution < -0.4 is 10.1 Å². The molecule has 1 N–H and O–H groups in total. The first-order valence-electron chi connectivity index (χ1n) is 7.84. The normalized spacial score (nSPS) is 16.0. The predicted molar refractivity (Wildman–Crippen MR) is 84.6 cm³/mol. The van der Waals surface area contributed by atoms with Gasteiger partial charge in [0.1, 0.15) is 5.75 Å². The second-order valence-corrected chi connectivity index (χ2v) is 5.66. The van der Waals surface area contributed by atoms with E-state index in [9.17, 15) is 4.79 Å². The molecule has 2 rings (SSSR count). The summed E-state index contributed by atoms with van der Waals surface area (Å²) in [5, 5.41) is 3.28. The van der Waals surface area contributed by atoms with Crippen molar-refractivity contribution in [3.63, 3.8) is 0 Å². The van der Waals surface area contributed by atoms with E-state index in [0.29, 0.717) is 19.1 Å². The highest BCUT2D eigenvalue weighted by Gasteiger charge is 2.21. The first kappa shape index (κ1) is 15.8. The van der Waals surface area contributed by atoms with Crippen LogP contribution in [0.25, 0.3) is 0 Å². The maximum atomic E-state index is 12.1. The molecule has 1 amide bonds. The van der Waals surface area contributed by atoms with Crippen molar-refractivity contribution >= 4 is 5.91 Å². The topological polar surface area (TPSA) is 41.6 Å². The van der Waals surface area contributed by atoms with Gasteiger partial charge in [-0.15, -0.1) is 0 Å². The number of nitrogens with one attached hydrogen (secondary N) is 1. The van der Waals surface area contributed by atoms with Crippen molar-refractivity contribution in [3.8, 4) is 5.75 Å². The van der Waals surface area contributed by atoms with Gasteiger partial charge in [0.15, 0.2) is 0 Å². The Bertz CT molecular complexity index is 454.